The minimum atomic E-state index is -0.475. The topological polar surface area (TPSA) is 35.5 Å². The van der Waals surface area contributed by atoms with Gasteiger partial charge in [-0.3, -0.25) is 0 Å². The summed E-state index contributed by atoms with van der Waals surface area (Å²) in [5, 5.41) is 1.05. The van der Waals surface area contributed by atoms with Gasteiger partial charge in [-0.1, -0.05) is 107 Å². The van der Waals surface area contributed by atoms with Crippen molar-refractivity contribution >= 4 is 22.1 Å². The molecule has 0 atom stereocenters. The van der Waals surface area contributed by atoms with Crippen LogP contribution in [0, 0.1) is 5.92 Å². The Hall–Kier alpha value is -0.250. The van der Waals surface area contributed by atoms with E-state index in [2.05, 4.69) is 29.8 Å². The van der Waals surface area contributed by atoms with Crippen molar-refractivity contribution < 1.29 is 14.3 Å². The molecule has 0 unspecified atom stereocenters. The van der Waals surface area contributed by atoms with Gasteiger partial charge in [-0.2, -0.15) is 0 Å². The molecule has 0 aromatic heterocycles. The maximum absolute atomic E-state index is 11.8. The van der Waals surface area contributed by atoms with Crippen molar-refractivity contribution in [2.45, 2.75) is 117 Å². The van der Waals surface area contributed by atoms with Crippen LogP contribution in [0.4, 0.5) is 4.79 Å². The highest BCUT2D eigenvalue weighted by molar-refractivity contribution is 9.09. The largest absolute Gasteiger partial charge is 0.508 e. The number of carbonyl (C=O) groups is 1. The molecule has 0 N–H and O–H groups in total. The summed E-state index contributed by atoms with van der Waals surface area (Å²) in [6.07, 6.45) is 19.3. The molecule has 0 aliphatic heterocycles. The van der Waals surface area contributed by atoms with Crippen LogP contribution in [0.2, 0.25) is 0 Å². The average Bonchev–Trinajstić information content (AvgIpc) is 2.67. The van der Waals surface area contributed by atoms with Crippen LogP contribution in [0.15, 0.2) is 0 Å². The second kappa shape index (κ2) is 22.0. The predicted molar refractivity (Wildman–Crippen MR) is 120 cm³/mol. The molecular weight excluding hydrogens is 404 g/mol. The molecule has 3 nitrogen and oxygen atoms in total. The zero-order valence-electron chi connectivity index (χ0n) is 18.1. The molecule has 0 rings (SSSR count). The Morgan fingerprint density at radius 2 is 1.22 bits per heavy atom. The van der Waals surface area contributed by atoms with Gasteiger partial charge in [-0.15, -0.1) is 0 Å². The minimum Gasteiger partial charge on any atom is -0.434 e. The third-order valence-electron chi connectivity index (χ3n) is 5.12. The Balaban J connectivity index is 3.91. The minimum absolute atomic E-state index is 0.475. The van der Waals surface area contributed by atoms with Crippen molar-refractivity contribution in [3.63, 3.8) is 0 Å². The van der Waals surface area contributed by atoms with E-state index in [4.69, 9.17) is 9.47 Å². The molecule has 0 aliphatic rings. The molecule has 162 valence electrons. The van der Waals surface area contributed by atoms with Crippen LogP contribution in [0.3, 0.4) is 0 Å². The van der Waals surface area contributed by atoms with Crippen molar-refractivity contribution in [3.8, 4) is 0 Å². The van der Waals surface area contributed by atoms with Crippen LogP contribution >= 0.6 is 15.9 Å². The molecule has 0 aromatic rings. The molecular formula is C23H45BrO3. The van der Waals surface area contributed by atoms with Gasteiger partial charge in [0.25, 0.3) is 0 Å². The smallest absolute Gasteiger partial charge is 0.434 e. The lowest BCUT2D eigenvalue weighted by Crippen LogP contribution is -2.16. The first-order valence-corrected chi connectivity index (χ1v) is 12.7. The quantitative estimate of drug-likeness (QED) is 0.106. The molecule has 4 heteroatoms. The number of unbranched alkanes of at least 4 members (excludes halogenated alkanes) is 11. The van der Waals surface area contributed by atoms with Gasteiger partial charge in [0, 0.05) is 5.33 Å². The fourth-order valence-electron chi connectivity index (χ4n) is 3.32. The van der Waals surface area contributed by atoms with Crippen LogP contribution in [0.5, 0.6) is 0 Å². The summed E-state index contributed by atoms with van der Waals surface area (Å²) in [5.41, 5.74) is 0. The van der Waals surface area contributed by atoms with Crippen molar-refractivity contribution in [3.05, 3.63) is 0 Å². The maximum Gasteiger partial charge on any atom is 0.508 e. The Labute approximate surface area is 177 Å². The first kappa shape index (κ1) is 26.8. The second-order valence-corrected chi connectivity index (χ2v) is 8.58. The summed E-state index contributed by atoms with van der Waals surface area (Å²) in [4.78, 5) is 11.8. The molecule has 0 aliphatic carbocycles. The van der Waals surface area contributed by atoms with E-state index < -0.39 is 6.16 Å². The first-order valence-electron chi connectivity index (χ1n) is 11.6. The Bertz CT molecular complexity index is 296. The lowest BCUT2D eigenvalue weighted by atomic mass is 9.95. The van der Waals surface area contributed by atoms with Crippen molar-refractivity contribution in [2.24, 2.45) is 5.92 Å². The second-order valence-electron chi connectivity index (χ2n) is 7.78. The summed E-state index contributed by atoms with van der Waals surface area (Å²) in [6.45, 7) is 5.52. The number of rotatable bonds is 20. The molecule has 27 heavy (non-hydrogen) atoms. The SMILES string of the molecule is CCCCCCCC(CCCCCCC)COC(=O)OCCCCCCBr. The monoisotopic (exact) mass is 448 g/mol. The first-order chi connectivity index (χ1) is 13.2. The van der Waals surface area contributed by atoms with Crippen LogP contribution < -0.4 is 0 Å². The average molecular weight is 450 g/mol. The fraction of sp³-hybridized carbons (Fsp3) is 0.957. The molecule has 0 saturated carbocycles. The molecule has 0 aromatic carbocycles. The van der Waals surface area contributed by atoms with Gasteiger partial charge in [0.1, 0.15) is 0 Å². The van der Waals surface area contributed by atoms with E-state index >= 15 is 0 Å². The highest BCUT2D eigenvalue weighted by Gasteiger charge is 2.13. The number of alkyl halides is 1. The number of carbonyl (C=O) groups excluding carboxylic acids is 1. The zero-order chi connectivity index (χ0) is 20.0. The number of hydrogen-bond acceptors (Lipinski definition) is 3. The predicted octanol–water partition coefficient (Wildman–Crippen LogP) is 8.43. The van der Waals surface area contributed by atoms with Crippen molar-refractivity contribution in [2.75, 3.05) is 18.5 Å². The normalized spacial score (nSPS) is 11.1. The van der Waals surface area contributed by atoms with Crippen molar-refractivity contribution in [1.29, 1.82) is 0 Å². The van der Waals surface area contributed by atoms with Gasteiger partial charge in [0.2, 0.25) is 0 Å². The van der Waals surface area contributed by atoms with Gasteiger partial charge in [0.15, 0.2) is 0 Å². The van der Waals surface area contributed by atoms with E-state index in [-0.39, 0.29) is 0 Å². The van der Waals surface area contributed by atoms with Gasteiger partial charge in [0.05, 0.1) is 13.2 Å². The molecule has 0 fully saturated rings. The van der Waals surface area contributed by atoms with Crippen LogP contribution in [-0.2, 0) is 9.47 Å². The lowest BCUT2D eigenvalue weighted by molar-refractivity contribution is 0.0406. The van der Waals surface area contributed by atoms with E-state index in [0.717, 1.165) is 18.2 Å². The number of ether oxygens (including phenoxy) is 2. The van der Waals surface area contributed by atoms with Crippen LogP contribution in [0.1, 0.15) is 117 Å². The number of halogens is 1. The molecule has 0 bridgehead atoms. The summed E-state index contributed by atoms with van der Waals surface area (Å²) < 4.78 is 10.6. The van der Waals surface area contributed by atoms with Gasteiger partial charge < -0.3 is 9.47 Å². The van der Waals surface area contributed by atoms with E-state index in [9.17, 15) is 4.79 Å². The molecule has 0 radical (unpaired) electrons. The van der Waals surface area contributed by atoms with Gasteiger partial charge >= 0.3 is 6.16 Å². The van der Waals surface area contributed by atoms with Crippen molar-refractivity contribution in [1.82, 2.24) is 0 Å². The van der Waals surface area contributed by atoms with E-state index in [1.165, 1.54) is 89.9 Å². The zero-order valence-corrected chi connectivity index (χ0v) is 19.7. The highest BCUT2D eigenvalue weighted by atomic mass is 79.9. The Kier molecular flexibility index (Phi) is 21.8. The number of hydrogen-bond donors (Lipinski definition) is 0. The summed E-state index contributed by atoms with van der Waals surface area (Å²) in [5.74, 6) is 0.500. The van der Waals surface area contributed by atoms with Crippen LogP contribution in [0.25, 0.3) is 0 Å². The van der Waals surface area contributed by atoms with Crippen LogP contribution in [-0.4, -0.2) is 24.7 Å². The molecule has 0 spiro atoms. The van der Waals surface area contributed by atoms with E-state index in [1.54, 1.807) is 0 Å². The summed E-state index contributed by atoms with van der Waals surface area (Å²) in [6, 6.07) is 0. The standard InChI is InChI=1S/C23H45BrO3/c1-3-5-7-9-13-17-22(18-14-10-8-6-4-2)21-27-23(25)26-20-16-12-11-15-19-24/h22H,3-21H2,1-2H3. The third kappa shape index (κ3) is 20.3. The van der Waals surface area contributed by atoms with Gasteiger partial charge in [-0.25, -0.2) is 4.79 Å². The third-order valence-corrected chi connectivity index (χ3v) is 5.68. The Morgan fingerprint density at radius 3 is 1.78 bits per heavy atom. The fourth-order valence-corrected chi connectivity index (χ4v) is 3.71. The molecule has 0 amide bonds. The molecule has 0 heterocycles. The Morgan fingerprint density at radius 1 is 0.704 bits per heavy atom. The van der Waals surface area contributed by atoms with Gasteiger partial charge in [-0.05, 0) is 31.6 Å². The highest BCUT2D eigenvalue weighted by Crippen LogP contribution is 2.19. The summed E-state index contributed by atoms with van der Waals surface area (Å²) in [7, 11) is 0. The lowest BCUT2D eigenvalue weighted by Gasteiger charge is -2.17. The maximum atomic E-state index is 11.8. The van der Waals surface area contributed by atoms with E-state index in [0.29, 0.717) is 19.1 Å². The molecule has 0 saturated heterocycles. The van der Waals surface area contributed by atoms with E-state index in [1.807, 2.05) is 0 Å². The summed E-state index contributed by atoms with van der Waals surface area (Å²) >= 11 is 3.43.